The molecular formula is C17H25ClO5. The molecule has 1 rings (SSSR count). The van der Waals surface area contributed by atoms with Gasteiger partial charge in [0.2, 0.25) is 5.75 Å². The number of aromatic hydroxyl groups is 2. The number of ketones is 1. The summed E-state index contributed by atoms with van der Waals surface area (Å²) in [5.74, 6) is -1.29. The van der Waals surface area contributed by atoms with Crippen LogP contribution in [0.25, 0.3) is 0 Å². The molecule has 0 aliphatic rings. The van der Waals surface area contributed by atoms with Gasteiger partial charge in [0.05, 0.1) is 14.2 Å². The molecule has 0 radical (unpaired) electrons. The van der Waals surface area contributed by atoms with Gasteiger partial charge in [-0.15, -0.1) is 11.6 Å². The Morgan fingerprint density at radius 1 is 1.26 bits per heavy atom. The highest BCUT2D eigenvalue weighted by Crippen LogP contribution is 2.45. The van der Waals surface area contributed by atoms with Crippen LogP contribution in [0.15, 0.2) is 6.07 Å². The molecule has 0 spiro atoms. The summed E-state index contributed by atoms with van der Waals surface area (Å²) in [6.45, 7) is 7.49. The number of alkyl halides is 1. The number of phenolic OH excluding ortho intramolecular Hbond substituents is 2. The van der Waals surface area contributed by atoms with Crippen LogP contribution in [0.2, 0.25) is 0 Å². The van der Waals surface area contributed by atoms with E-state index in [9.17, 15) is 15.0 Å². The molecule has 0 saturated heterocycles. The van der Waals surface area contributed by atoms with E-state index in [0.717, 1.165) is 0 Å². The van der Waals surface area contributed by atoms with Gasteiger partial charge in [-0.25, -0.2) is 0 Å². The molecule has 1 aromatic rings. The molecule has 0 aliphatic carbocycles. The molecule has 5 nitrogen and oxygen atoms in total. The van der Waals surface area contributed by atoms with E-state index in [4.69, 9.17) is 21.1 Å². The quantitative estimate of drug-likeness (QED) is 0.578. The maximum atomic E-state index is 12.7. The van der Waals surface area contributed by atoms with E-state index in [-0.39, 0.29) is 34.5 Å². The van der Waals surface area contributed by atoms with Crippen molar-refractivity contribution in [3.8, 4) is 23.0 Å². The number of Topliss-reactive ketones (excluding diaryl/α,β-unsaturated/α-hetero) is 1. The Labute approximate surface area is 142 Å². The summed E-state index contributed by atoms with van der Waals surface area (Å²) in [6.07, 6.45) is 0.530. The highest BCUT2D eigenvalue weighted by atomic mass is 35.5. The number of hydrogen-bond donors (Lipinski definition) is 2. The molecule has 0 aliphatic heterocycles. The van der Waals surface area contributed by atoms with Crippen molar-refractivity contribution in [3.05, 3.63) is 11.6 Å². The third-order valence-electron chi connectivity index (χ3n) is 4.20. The SMILES string of the molecule is COc1cc(O)c(C(=O)[C@H](C)C[C@H](C)C(C)(C)Cl)c(O)c1OC. The molecule has 0 saturated carbocycles. The van der Waals surface area contributed by atoms with E-state index in [1.807, 2.05) is 20.8 Å². The van der Waals surface area contributed by atoms with Crippen LogP contribution in [0.1, 0.15) is 44.5 Å². The Kier molecular flexibility index (Phi) is 6.17. The van der Waals surface area contributed by atoms with Crippen molar-refractivity contribution in [1.82, 2.24) is 0 Å². The van der Waals surface area contributed by atoms with Gasteiger partial charge in [0.15, 0.2) is 17.3 Å². The van der Waals surface area contributed by atoms with Crippen LogP contribution >= 0.6 is 11.6 Å². The zero-order valence-corrected chi connectivity index (χ0v) is 15.2. The van der Waals surface area contributed by atoms with Crippen molar-refractivity contribution in [2.45, 2.75) is 39.0 Å². The normalized spacial score (nSPS) is 14.2. The Hall–Kier alpha value is -1.62. The molecule has 2 N–H and O–H groups in total. The summed E-state index contributed by atoms with van der Waals surface area (Å²) >= 11 is 6.28. The van der Waals surface area contributed by atoms with E-state index < -0.39 is 16.5 Å². The average Bonchev–Trinajstić information content (AvgIpc) is 2.45. The minimum Gasteiger partial charge on any atom is -0.507 e. The predicted octanol–water partition coefficient (Wildman–Crippen LogP) is 3.98. The highest BCUT2D eigenvalue weighted by Gasteiger charge is 2.31. The van der Waals surface area contributed by atoms with Crippen LogP contribution in [0, 0.1) is 11.8 Å². The molecule has 6 heteroatoms. The first-order valence-corrected chi connectivity index (χ1v) is 7.82. The first kappa shape index (κ1) is 19.4. The summed E-state index contributed by atoms with van der Waals surface area (Å²) < 4.78 is 10.1. The third kappa shape index (κ3) is 4.22. The lowest BCUT2D eigenvalue weighted by molar-refractivity contribution is 0.0903. The van der Waals surface area contributed by atoms with Crippen molar-refractivity contribution in [1.29, 1.82) is 0 Å². The number of halogens is 1. The lowest BCUT2D eigenvalue weighted by atomic mass is 9.84. The van der Waals surface area contributed by atoms with Crippen LogP contribution in [0.3, 0.4) is 0 Å². The van der Waals surface area contributed by atoms with Crippen LogP contribution in [-0.4, -0.2) is 35.1 Å². The van der Waals surface area contributed by atoms with Gasteiger partial charge >= 0.3 is 0 Å². The molecule has 0 heterocycles. The van der Waals surface area contributed by atoms with Gasteiger partial charge < -0.3 is 19.7 Å². The number of methoxy groups -OCH3 is 2. The number of hydrogen-bond acceptors (Lipinski definition) is 5. The van der Waals surface area contributed by atoms with E-state index >= 15 is 0 Å². The van der Waals surface area contributed by atoms with Gasteiger partial charge in [-0.1, -0.05) is 13.8 Å². The number of phenols is 2. The fraction of sp³-hybridized carbons (Fsp3) is 0.588. The molecule has 2 atom stereocenters. The molecule has 1 aromatic carbocycles. The van der Waals surface area contributed by atoms with Gasteiger partial charge in [0.25, 0.3) is 0 Å². The monoisotopic (exact) mass is 344 g/mol. The van der Waals surface area contributed by atoms with Crippen molar-refractivity contribution >= 4 is 17.4 Å². The maximum absolute atomic E-state index is 12.7. The van der Waals surface area contributed by atoms with Crippen molar-refractivity contribution in [3.63, 3.8) is 0 Å². The number of carbonyl (C=O) groups is 1. The second-order valence-corrected chi connectivity index (χ2v) is 7.30. The van der Waals surface area contributed by atoms with E-state index in [1.54, 1.807) is 6.92 Å². The predicted molar refractivity (Wildman–Crippen MR) is 90.1 cm³/mol. The summed E-state index contributed by atoms with van der Waals surface area (Å²) in [5, 5.41) is 20.4. The fourth-order valence-electron chi connectivity index (χ4n) is 2.37. The first-order chi connectivity index (χ1) is 10.5. The Balaban J connectivity index is 3.18. The standard InChI is InChI=1S/C17H25ClO5/c1-9(7-10(2)17(3,4)18)14(20)13-11(19)8-12(22-5)16(23-6)15(13)21/h8-10,19,21H,7H2,1-6H3/t9-,10+/m1/s1. The highest BCUT2D eigenvalue weighted by molar-refractivity contribution is 6.23. The Morgan fingerprint density at radius 2 is 1.83 bits per heavy atom. The zero-order chi connectivity index (χ0) is 17.9. The number of benzene rings is 1. The Morgan fingerprint density at radius 3 is 2.26 bits per heavy atom. The molecule has 23 heavy (non-hydrogen) atoms. The molecule has 0 aromatic heterocycles. The molecule has 0 unspecified atom stereocenters. The van der Waals surface area contributed by atoms with Gasteiger partial charge in [-0.2, -0.15) is 0 Å². The summed E-state index contributed by atoms with van der Waals surface area (Å²) in [5.41, 5.74) is -0.158. The smallest absolute Gasteiger partial charge is 0.204 e. The van der Waals surface area contributed by atoms with Crippen LogP contribution < -0.4 is 9.47 Å². The van der Waals surface area contributed by atoms with Crippen LogP contribution in [-0.2, 0) is 0 Å². The zero-order valence-electron chi connectivity index (χ0n) is 14.4. The molecule has 130 valence electrons. The summed E-state index contributed by atoms with van der Waals surface area (Å²) in [4.78, 5) is 12.2. The summed E-state index contributed by atoms with van der Waals surface area (Å²) in [6, 6.07) is 1.26. The van der Waals surface area contributed by atoms with E-state index in [0.29, 0.717) is 6.42 Å². The van der Waals surface area contributed by atoms with Gasteiger partial charge in [0, 0.05) is 16.9 Å². The van der Waals surface area contributed by atoms with Crippen molar-refractivity contribution in [2.24, 2.45) is 11.8 Å². The minimum atomic E-state index is -0.448. The lowest BCUT2D eigenvalue weighted by Gasteiger charge is -2.27. The van der Waals surface area contributed by atoms with Gasteiger partial charge in [0.1, 0.15) is 11.3 Å². The van der Waals surface area contributed by atoms with Crippen LogP contribution in [0.5, 0.6) is 23.0 Å². The number of rotatable bonds is 7. The lowest BCUT2D eigenvalue weighted by Crippen LogP contribution is -2.26. The molecule has 0 bridgehead atoms. The fourth-order valence-corrected chi connectivity index (χ4v) is 2.46. The largest absolute Gasteiger partial charge is 0.507 e. The topological polar surface area (TPSA) is 76.0 Å². The van der Waals surface area contributed by atoms with Crippen molar-refractivity contribution in [2.75, 3.05) is 14.2 Å². The van der Waals surface area contributed by atoms with Crippen LogP contribution in [0.4, 0.5) is 0 Å². The number of ether oxygens (including phenoxy) is 2. The third-order valence-corrected chi connectivity index (χ3v) is 4.57. The van der Waals surface area contributed by atoms with E-state index in [2.05, 4.69) is 0 Å². The average molecular weight is 345 g/mol. The second kappa shape index (κ2) is 7.30. The van der Waals surface area contributed by atoms with E-state index in [1.165, 1.54) is 20.3 Å². The number of carbonyl (C=O) groups excluding carboxylic acids is 1. The molecular weight excluding hydrogens is 320 g/mol. The maximum Gasteiger partial charge on any atom is 0.204 e. The first-order valence-electron chi connectivity index (χ1n) is 7.44. The minimum absolute atomic E-state index is 0.0200. The van der Waals surface area contributed by atoms with Gasteiger partial charge in [-0.3, -0.25) is 4.79 Å². The van der Waals surface area contributed by atoms with Gasteiger partial charge in [-0.05, 0) is 26.2 Å². The Bertz CT molecular complexity index is 577. The van der Waals surface area contributed by atoms with Crippen molar-refractivity contribution < 1.29 is 24.5 Å². The molecule has 0 amide bonds. The molecule has 0 fully saturated rings. The summed E-state index contributed by atoms with van der Waals surface area (Å²) in [7, 11) is 2.73. The second-order valence-electron chi connectivity index (χ2n) is 6.32.